The number of ether oxygens (including phenoxy) is 1. The van der Waals surface area contributed by atoms with Crippen molar-refractivity contribution in [3.63, 3.8) is 0 Å². The minimum absolute atomic E-state index is 0.0726. The van der Waals surface area contributed by atoms with Gasteiger partial charge in [0.25, 0.3) is 0 Å². The van der Waals surface area contributed by atoms with Gasteiger partial charge in [0, 0.05) is 12.0 Å². The van der Waals surface area contributed by atoms with Crippen LogP contribution in [0.3, 0.4) is 0 Å². The standard InChI is InChI=1S/C29H27NO5/c1-16(26(31)18-10-6-3-7-11-18)35-29(34)23(14-17-8-4-2-5-9-17)30-27(32)24-19-12-13-20(22-15-21(19)22)25(24)28(30)33/h2-13,16,19-25H,14-15H2,1H3/t16-,19+,20+,21-,22+,23-,24-,25-/m0/s1. The lowest BCUT2D eigenvalue weighted by atomic mass is 9.63. The van der Waals surface area contributed by atoms with Crippen LogP contribution in [0.15, 0.2) is 72.8 Å². The zero-order valence-corrected chi connectivity index (χ0v) is 19.4. The predicted octanol–water partition coefficient (Wildman–Crippen LogP) is 3.47. The molecule has 6 nitrogen and oxygen atoms in total. The summed E-state index contributed by atoms with van der Waals surface area (Å²) in [6.45, 7) is 1.53. The number of rotatable bonds is 7. The summed E-state index contributed by atoms with van der Waals surface area (Å²) in [7, 11) is 0. The zero-order valence-electron chi connectivity index (χ0n) is 19.4. The highest BCUT2D eigenvalue weighted by Gasteiger charge is 2.68. The number of benzene rings is 2. The van der Waals surface area contributed by atoms with Crippen LogP contribution >= 0.6 is 0 Å². The van der Waals surface area contributed by atoms with E-state index < -0.39 is 30.0 Å². The third kappa shape index (κ3) is 3.54. The van der Waals surface area contributed by atoms with Gasteiger partial charge in [-0.15, -0.1) is 0 Å². The van der Waals surface area contributed by atoms with Crippen molar-refractivity contribution in [3.8, 4) is 0 Å². The van der Waals surface area contributed by atoms with Crippen molar-refractivity contribution in [2.45, 2.75) is 31.9 Å². The van der Waals surface area contributed by atoms with Gasteiger partial charge in [-0.3, -0.25) is 19.3 Å². The van der Waals surface area contributed by atoms with Gasteiger partial charge in [-0.1, -0.05) is 72.8 Å². The molecule has 2 bridgehead atoms. The molecule has 6 heteroatoms. The number of hydrogen-bond donors (Lipinski definition) is 0. The van der Waals surface area contributed by atoms with Crippen LogP contribution in [0.4, 0.5) is 0 Å². The van der Waals surface area contributed by atoms with Crippen molar-refractivity contribution >= 4 is 23.6 Å². The first-order chi connectivity index (χ1) is 17.0. The molecule has 0 radical (unpaired) electrons. The smallest absolute Gasteiger partial charge is 0.330 e. The summed E-state index contributed by atoms with van der Waals surface area (Å²) in [5.74, 6) is -1.28. The number of amides is 2. The molecule has 7 rings (SSSR count). The van der Waals surface area contributed by atoms with E-state index in [0.29, 0.717) is 17.4 Å². The first-order valence-corrected chi connectivity index (χ1v) is 12.3. The van der Waals surface area contributed by atoms with E-state index >= 15 is 0 Å². The maximum Gasteiger partial charge on any atom is 0.330 e. The van der Waals surface area contributed by atoms with Crippen LogP contribution in [0, 0.1) is 35.5 Å². The summed E-state index contributed by atoms with van der Waals surface area (Å²) in [4.78, 5) is 54.8. The topological polar surface area (TPSA) is 80.8 Å². The normalized spacial score (nSPS) is 31.5. The molecule has 0 aromatic heterocycles. The van der Waals surface area contributed by atoms with Gasteiger partial charge in [0.15, 0.2) is 6.10 Å². The van der Waals surface area contributed by atoms with Gasteiger partial charge in [0.2, 0.25) is 17.6 Å². The summed E-state index contributed by atoms with van der Waals surface area (Å²) in [6.07, 6.45) is 4.41. The third-order valence-corrected chi connectivity index (χ3v) is 8.27. The molecule has 178 valence electrons. The molecular formula is C29H27NO5. The first-order valence-electron chi connectivity index (χ1n) is 12.3. The SMILES string of the molecule is C[C@H](OC(=O)[C@H](Cc1ccccc1)N1C(=O)[C@H]2[C@@H]3C=C[C@H]([C@@H]4C[C@H]34)[C@@H]2C1=O)C(=O)c1ccccc1. The number of ketones is 1. The number of carbonyl (C=O) groups excluding carboxylic acids is 4. The van der Waals surface area contributed by atoms with Crippen LogP contribution in [-0.4, -0.2) is 40.6 Å². The highest BCUT2D eigenvalue weighted by Crippen LogP contribution is 2.65. The second-order valence-corrected chi connectivity index (χ2v) is 10.2. The second kappa shape index (κ2) is 8.29. The lowest BCUT2D eigenvalue weighted by molar-refractivity contribution is -0.160. The summed E-state index contributed by atoms with van der Waals surface area (Å²) in [5, 5.41) is 0. The van der Waals surface area contributed by atoms with Crippen LogP contribution < -0.4 is 0 Å². The highest BCUT2D eigenvalue weighted by molar-refractivity contribution is 6.09. The molecule has 0 spiro atoms. The first kappa shape index (κ1) is 22.0. The number of hydrogen-bond acceptors (Lipinski definition) is 5. The number of imide groups is 1. The molecule has 3 fully saturated rings. The molecule has 1 saturated heterocycles. The molecule has 35 heavy (non-hydrogen) atoms. The highest BCUT2D eigenvalue weighted by atomic mass is 16.5. The molecule has 2 aromatic carbocycles. The van der Waals surface area contributed by atoms with Crippen molar-refractivity contribution in [1.82, 2.24) is 4.90 Å². The van der Waals surface area contributed by atoms with E-state index in [9.17, 15) is 19.2 Å². The zero-order chi connectivity index (χ0) is 24.3. The lowest BCUT2D eigenvalue weighted by Crippen LogP contribution is -2.49. The van der Waals surface area contributed by atoms with Gasteiger partial charge in [0.05, 0.1) is 11.8 Å². The molecule has 2 aromatic rings. The predicted molar refractivity (Wildman–Crippen MR) is 127 cm³/mol. The van der Waals surface area contributed by atoms with Crippen molar-refractivity contribution in [2.24, 2.45) is 35.5 Å². The number of Topliss-reactive ketones (excluding diaryl/α,β-unsaturated/α-hetero) is 1. The second-order valence-electron chi connectivity index (χ2n) is 10.2. The van der Waals surface area contributed by atoms with E-state index in [2.05, 4.69) is 12.2 Å². The average Bonchev–Trinajstić information content (AvgIpc) is 3.67. The van der Waals surface area contributed by atoms with E-state index in [1.54, 1.807) is 30.3 Å². The van der Waals surface area contributed by atoms with Crippen molar-refractivity contribution in [2.75, 3.05) is 0 Å². The molecule has 1 aliphatic heterocycles. The van der Waals surface area contributed by atoms with Gasteiger partial charge < -0.3 is 4.74 Å². The van der Waals surface area contributed by atoms with Crippen LogP contribution in [0.2, 0.25) is 0 Å². The number of nitrogens with zero attached hydrogens (tertiary/aromatic N) is 1. The van der Waals surface area contributed by atoms with Crippen molar-refractivity contribution in [3.05, 3.63) is 83.9 Å². The quantitative estimate of drug-likeness (QED) is 0.269. The Morgan fingerprint density at radius 2 is 1.43 bits per heavy atom. The number of allylic oxidation sites excluding steroid dienone is 2. The molecular weight excluding hydrogens is 442 g/mol. The molecule has 0 unspecified atom stereocenters. The number of esters is 1. The Morgan fingerprint density at radius 1 is 0.886 bits per heavy atom. The summed E-state index contributed by atoms with van der Waals surface area (Å²) in [6, 6.07) is 16.8. The monoisotopic (exact) mass is 469 g/mol. The van der Waals surface area contributed by atoms with Gasteiger partial charge >= 0.3 is 5.97 Å². The maximum absolute atomic E-state index is 13.7. The molecule has 1 heterocycles. The minimum Gasteiger partial charge on any atom is -0.453 e. The summed E-state index contributed by atoms with van der Waals surface area (Å²) < 4.78 is 5.61. The van der Waals surface area contributed by atoms with Gasteiger partial charge in [-0.2, -0.15) is 0 Å². The molecule has 8 atom stereocenters. The van der Waals surface area contributed by atoms with Crippen molar-refractivity contribution < 1.29 is 23.9 Å². The fourth-order valence-corrected chi connectivity index (χ4v) is 6.55. The molecule has 2 saturated carbocycles. The van der Waals surface area contributed by atoms with E-state index in [1.165, 1.54) is 11.8 Å². The number of carbonyl (C=O) groups is 4. The van der Waals surface area contributed by atoms with Crippen LogP contribution in [0.25, 0.3) is 0 Å². The van der Waals surface area contributed by atoms with Crippen LogP contribution in [0.1, 0.15) is 29.3 Å². The van der Waals surface area contributed by atoms with E-state index in [-0.39, 0.29) is 35.9 Å². The van der Waals surface area contributed by atoms with E-state index in [1.807, 2.05) is 30.3 Å². The number of likely N-dealkylation sites (tertiary alicyclic amines) is 1. The molecule has 0 N–H and O–H groups in total. The summed E-state index contributed by atoms with van der Waals surface area (Å²) in [5.41, 5.74) is 1.25. The van der Waals surface area contributed by atoms with Gasteiger partial charge in [-0.25, -0.2) is 4.79 Å². The minimum atomic E-state index is -1.11. The largest absolute Gasteiger partial charge is 0.453 e. The Kier molecular flexibility index (Phi) is 5.20. The molecule has 4 aliphatic carbocycles. The Bertz CT molecular complexity index is 1190. The Labute approximate surface area is 203 Å². The third-order valence-electron chi connectivity index (χ3n) is 8.27. The fraction of sp³-hybridized carbons (Fsp3) is 0.379. The Hall–Kier alpha value is -3.54. The fourth-order valence-electron chi connectivity index (χ4n) is 6.55. The van der Waals surface area contributed by atoms with Crippen molar-refractivity contribution in [1.29, 1.82) is 0 Å². The average molecular weight is 470 g/mol. The molecule has 2 amide bonds. The van der Waals surface area contributed by atoms with E-state index in [4.69, 9.17) is 4.74 Å². The van der Waals surface area contributed by atoms with Gasteiger partial charge in [0.1, 0.15) is 6.04 Å². The molecule has 5 aliphatic rings. The Morgan fingerprint density at radius 3 is 2.00 bits per heavy atom. The van der Waals surface area contributed by atoms with Crippen LogP contribution in [0.5, 0.6) is 0 Å². The lowest BCUT2D eigenvalue weighted by Gasteiger charge is -2.37. The van der Waals surface area contributed by atoms with Gasteiger partial charge in [-0.05, 0) is 42.6 Å². The maximum atomic E-state index is 13.7. The van der Waals surface area contributed by atoms with E-state index in [0.717, 1.165) is 12.0 Å². The summed E-state index contributed by atoms with van der Waals surface area (Å²) >= 11 is 0. The van der Waals surface area contributed by atoms with Crippen LogP contribution in [-0.2, 0) is 25.5 Å². The Balaban J connectivity index is 1.28.